The summed E-state index contributed by atoms with van der Waals surface area (Å²) < 4.78 is 6.91. The standard InChI is InChI=1S/C20H21N5O2S/c21-19(26)25-12-14-5-6-15(25)11-24(14)10-13-3-7-16(8-4-13)27-20-23-18-17(28-20)2-1-9-22-18/h1-4,7-9,14-15H,5-6,10-12H2,(H2,21,26)/t14-,15-/m0/s1. The van der Waals surface area contributed by atoms with E-state index in [2.05, 4.69) is 27.0 Å². The number of amides is 2. The van der Waals surface area contributed by atoms with Gasteiger partial charge in [0.05, 0.1) is 4.70 Å². The molecule has 2 N–H and O–H groups in total. The van der Waals surface area contributed by atoms with Crippen LogP contribution in [-0.4, -0.2) is 51.0 Å². The van der Waals surface area contributed by atoms with Crippen LogP contribution in [0.4, 0.5) is 4.79 Å². The van der Waals surface area contributed by atoms with Crippen LogP contribution < -0.4 is 10.5 Å². The number of carbonyl (C=O) groups is 1. The molecule has 0 aliphatic carbocycles. The van der Waals surface area contributed by atoms with Gasteiger partial charge in [0.15, 0.2) is 5.65 Å². The normalized spacial score (nSPS) is 21.9. The largest absolute Gasteiger partial charge is 0.431 e. The fraction of sp³-hybridized carbons (Fsp3) is 0.350. The van der Waals surface area contributed by atoms with Gasteiger partial charge in [-0.3, -0.25) is 4.90 Å². The van der Waals surface area contributed by atoms with Crippen molar-refractivity contribution < 1.29 is 9.53 Å². The number of nitrogens with two attached hydrogens (primary N) is 1. The number of rotatable bonds is 4. The first-order valence-electron chi connectivity index (χ1n) is 9.44. The van der Waals surface area contributed by atoms with Crippen molar-refractivity contribution in [2.75, 3.05) is 13.1 Å². The quantitative estimate of drug-likeness (QED) is 0.733. The molecule has 2 amide bonds. The maximum Gasteiger partial charge on any atom is 0.315 e. The number of urea groups is 1. The Kier molecular flexibility index (Phi) is 4.37. The number of nitrogens with zero attached hydrogens (tertiary/aromatic N) is 4. The summed E-state index contributed by atoms with van der Waals surface area (Å²) >= 11 is 1.49. The van der Waals surface area contributed by atoms with Crippen LogP contribution in [0.25, 0.3) is 10.3 Å². The molecule has 144 valence electrons. The monoisotopic (exact) mass is 395 g/mol. The zero-order valence-corrected chi connectivity index (χ0v) is 16.1. The second-order valence-electron chi connectivity index (χ2n) is 7.36. The Morgan fingerprint density at radius 3 is 2.71 bits per heavy atom. The number of piperidine rings is 2. The van der Waals surface area contributed by atoms with Crippen LogP contribution in [-0.2, 0) is 6.54 Å². The topological polar surface area (TPSA) is 84.6 Å². The van der Waals surface area contributed by atoms with E-state index in [-0.39, 0.29) is 12.1 Å². The van der Waals surface area contributed by atoms with Crippen LogP contribution in [0.5, 0.6) is 10.9 Å². The average Bonchev–Trinajstić information content (AvgIpc) is 3.12. The average molecular weight is 395 g/mol. The number of primary amides is 1. The number of benzene rings is 1. The van der Waals surface area contributed by atoms with Gasteiger partial charge >= 0.3 is 6.03 Å². The zero-order chi connectivity index (χ0) is 19.1. The first-order chi connectivity index (χ1) is 13.7. The number of carbonyl (C=O) groups excluding carboxylic acids is 1. The second kappa shape index (κ2) is 7.03. The molecule has 0 spiro atoms. The molecule has 2 bridgehead atoms. The third-order valence-electron chi connectivity index (χ3n) is 5.59. The van der Waals surface area contributed by atoms with Crippen LogP contribution in [0.2, 0.25) is 0 Å². The van der Waals surface area contributed by atoms with E-state index in [1.165, 1.54) is 16.9 Å². The highest BCUT2D eigenvalue weighted by molar-refractivity contribution is 7.20. The van der Waals surface area contributed by atoms with Crippen molar-refractivity contribution >= 4 is 27.7 Å². The SMILES string of the molecule is NC(=O)N1C[C@@H]2CC[C@H]1CN2Cc1ccc(Oc2nc3ncccc3s2)cc1. The first kappa shape index (κ1) is 17.4. The van der Waals surface area contributed by atoms with Crippen molar-refractivity contribution in [2.45, 2.75) is 31.5 Å². The number of aromatic nitrogens is 2. The minimum atomic E-state index is -0.291. The summed E-state index contributed by atoms with van der Waals surface area (Å²) in [7, 11) is 0. The predicted molar refractivity (Wildman–Crippen MR) is 107 cm³/mol. The fourth-order valence-corrected chi connectivity index (χ4v) is 4.96. The number of thiazole rings is 1. The maximum atomic E-state index is 11.6. The number of pyridine rings is 1. The van der Waals surface area contributed by atoms with Crippen LogP contribution in [0.3, 0.4) is 0 Å². The van der Waals surface area contributed by atoms with E-state index < -0.39 is 0 Å². The van der Waals surface area contributed by atoms with Gasteiger partial charge in [0, 0.05) is 37.9 Å². The summed E-state index contributed by atoms with van der Waals surface area (Å²) in [4.78, 5) is 24.5. The van der Waals surface area contributed by atoms with E-state index in [1.807, 2.05) is 29.2 Å². The molecule has 8 heteroatoms. The molecular formula is C20H21N5O2S. The first-order valence-corrected chi connectivity index (χ1v) is 10.3. The molecule has 3 aromatic rings. The number of ether oxygens (including phenoxy) is 1. The van der Waals surface area contributed by atoms with Gasteiger partial charge in [-0.1, -0.05) is 23.5 Å². The lowest BCUT2D eigenvalue weighted by atomic mass is 9.90. The Labute approximate surface area is 166 Å². The highest BCUT2D eigenvalue weighted by Crippen LogP contribution is 2.32. The van der Waals surface area contributed by atoms with Crippen LogP contribution >= 0.6 is 11.3 Å². The highest BCUT2D eigenvalue weighted by Gasteiger charge is 2.40. The fourth-order valence-electron chi connectivity index (χ4n) is 4.17. The summed E-state index contributed by atoms with van der Waals surface area (Å²) in [6.07, 6.45) is 3.91. The van der Waals surface area contributed by atoms with Crippen molar-refractivity contribution in [1.29, 1.82) is 0 Å². The molecule has 3 saturated heterocycles. The smallest absolute Gasteiger partial charge is 0.315 e. The third kappa shape index (κ3) is 3.29. The molecule has 3 aliphatic heterocycles. The highest BCUT2D eigenvalue weighted by atomic mass is 32.1. The van der Waals surface area contributed by atoms with E-state index in [0.29, 0.717) is 16.9 Å². The van der Waals surface area contributed by atoms with Gasteiger partial charge in [0.2, 0.25) is 0 Å². The molecule has 3 fully saturated rings. The maximum absolute atomic E-state index is 11.6. The van der Waals surface area contributed by atoms with Gasteiger partial charge in [-0.25, -0.2) is 9.78 Å². The zero-order valence-electron chi connectivity index (χ0n) is 15.3. The summed E-state index contributed by atoms with van der Waals surface area (Å²) in [5.74, 6) is 0.767. The molecule has 3 aliphatic rings. The van der Waals surface area contributed by atoms with Crippen LogP contribution in [0.1, 0.15) is 18.4 Å². The Morgan fingerprint density at radius 2 is 2.00 bits per heavy atom. The molecule has 7 nitrogen and oxygen atoms in total. The van der Waals surface area contributed by atoms with E-state index in [1.54, 1.807) is 6.20 Å². The summed E-state index contributed by atoms with van der Waals surface area (Å²) in [6, 6.07) is 12.4. The molecule has 1 aromatic carbocycles. The molecule has 28 heavy (non-hydrogen) atoms. The van der Waals surface area contributed by atoms with E-state index in [9.17, 15) is 4.79 Å². The van der Waals surface area contributed by atoms with Gasteiger partial charge < -0.3 is 15.4 Å². The lowest BCUT2D eigenvalue weighted by molar-refractivity contribution is -0.000985. The summed E-state index contributed by atoms with van der Waals surface area (Å²) in [6.45, 7) is 2.51. The van der Waals surface area contributed by atoms with Crippen molar-refractivity contribution in [1.82, 2.24) is 19.8 Å². The summed E-state index contributed by atoms with van der Waals surface area (Å²) in [5.41, 5.74) is 7.45. The Bertz CT molecular complexity index is 972. The van der Waals surface area contributed by atoms with Crippen molar-refractivity contribution in [3.8, 4) is 10.9 Å². The Balaban J connectivity index is 1.24. The van der Waals surface area contributed by atoms with Crippen LogP contribution in [0, 0.1) is 0 Å². The Morgan fingerprint density at radius 1 is 1.18 bits per heavy atom. The third-order valence-corrected chi connectivity index (χ3v) is 6.47. The van der Waals surface area contributed by atoms with Gasteiger partial charge in [0.1, 0.15) is 5.75 Å². The Hall–Kier alpha value is -2.71. The number of hydrogen-bond donors (Lipinski definition) is 1. The molecule has 5 heterocycles. The van der Waals surface area contributed by atoms with Crippen LogP contribution in [0.15, 0.2) is 42.6 Å². The molecule has 6 rings (SSSR count). The van der Waals surface area contributed by atoms with Gasteiger partial charge in [-0.2, -0.15) is 4.98 Å². The number of piperazine rings is 1. The minimum Gasteiger partial charge on any atom is -0.431 e. The predicted octanol–water partition coefficient (Wildman–Crippen LogP) is 3.21. The van der Waals surface area contributed by atoms with Crippen molar-refractivity contribution in [3.63, 3.8) is 0 Å². The van der Waals surface area contributed by atoms with Gasteiger partial charge in [0.25, 0.3) is 5.19 Å². The lowest BCUT2D eigenvalue weighted by Crippen LogP contribution is -2.64. The van der Waals surface area contributed by atoms with Crippen molar-refractivity contribution in [2.24, 2.45) is 5.73 Å². The van der Waals surface area contributed by atoms with Crippen molar-refractivity contribution in [3.05, 3.63) is 48.2 Å². The molecule has 2 atom stereocenters. The molecule has 0 unspecified atom stereocenters. The number of hydrogen-bond acceptors (Lipinski definition) is 6. The van der Waals surface area contributed by atoms with E-state index in [4.69, 9.17) is 10.5 Å². The van der Waals surface area contributed by atoms with Gasteiger partial charge in [-0.05, 0) is 42.7 Å². The molecular weight excluding hydrogens is 374 g/mol. The lowest BCUT2D eigenvalue weighted by Gasteiger charge is -2.51. The molecule has 0 saturated carbocycles. The summed E-state index contributed by atoms with van der Waals surface area (Å²) in [5, 5.41) is 0.598. The minimum absolute atomic E-state index is 0.248. The van der Waals surface area contributed by atoms with E-state index >= 15 is 0 Å². The number of fused-ring (bicyclic) bond motifs is 4. The second-order valence-corrected chi connectivity index (χ2v) is 8.35. The van der Waals surface area contributed by atoms with Gasteiger partial charge in [-0.15, -0.1) is 0 Å². The van der Waals surface area contributed by atoms with E-state index in [0.717, 1.165) is 42.9 Å². The molecule has 0 radical (unpaired) electrons. The molecule has 2 aromatic heterocycles.